The summed E-state index contributed by atoms with van der Waals surface area (Å²) in [4.78, 5) is 12.6. The number of aromatic nitrogens is 3. The van der Waals surface area contributed by atoms with Gasteiger partial charge in [-0.25, -0.2) is 15.0 Å². The molecule has 0 bridgehead atoms. The standard InChI is InChI=1S/C17H15N3O/c1-3-13-7-6-12(9-14(13)4-1)10-21-17-15-5-2-8-18-16(15)19-11-20-17/h2,5-9,11H,1,3-4,10H2. The Balaban J connectivity index is 1.58. The molecular weight excluding hydrogens is 262 g/mol. The molecule has 0 spiro atoms. The highest BCUT2D eigenvalue weighted by Gasteiger charge is 2.11. The van der Waals surface area contributed by atoms with Crippen molar-refractivity contribution in [2.24, 2.45) is 0 Å². The maximum atomic E-state index is 5.87. The number of aryl methyl sites for hydroxylation is 2. The minimum Gasteiger partial charge on any atom is -0.472 e. The molecule has 0 amide bonds. The Bertz CT molecular complexity index is 796. The topological polar surface area (TPSA) is 47.9 Å². The molecule has 2 aromatic heterocycles. The van der Waals surface area contributed by atoms with Gasteiger partial charge in [-0.05, 0) is 48.1 Å². The lowest BCUT2D eigenvalue weighted by molar-refractivity contribution is 0.297. The van der Waals surface area contributed by atoms with Gasteiger partial charge in [0.15, 0.2) is 5.65 Å². The fraction of sp³-hybridized carbons (Fsp3) is 0.235. The van der Waals surface area contributed by atoms with E-state index in [9.17, 15) is 0 Å². The van der Waals surface area contributed by atoms with Crippen molar-refractivity contribution in [1.82, 2.24) is 15.0 Å². The Morgan fingerprint density at radius 2 is 1.95 bits per heavy atom. The van der Waals surface area contributed by atoms with Gasteiger partial charge < -0.3 is 4.74 Å². The van der Waals surface area contributed by atoms with Crippen LogP contribution in [0, 0.1) is 0 Å². The molecule has 0 radical (unpaired) electrons. The zero-order chi connectivity index (χ0) is 14.1. The lowest BCUT2D eigenvalue weighted by Crippen LogP contribution is -2.00. The van der Waals surface area contributed by atoms with E-state index in [1.165, 1.54) is 42.3 Å². The maximum absolute atomic E-state index is 5.87. The average molecular weight is 277 g/mol. The normalized spacial score (nSPS) is 13.3. The Kier molecular flexibility index (Phi) is 2.99. The third-order valence-corrected chi connectivity index (χ3v) is 3.91. The fourth-order valence-corrected chi connectivity index (χ4v) is 2.85. The quantitative estimate of drug-likeness (QED) is 0.738. The lowest BCUT2D eigenvalue weighted by atomic mass is 10.1. The molecule has 1 aromatic carbocycles. The summed E-state index contributed by atoms with van der Waals surface area (Å²) in [7, 11) is 0. The number of rotatable bonds is 3. The van der Waals surface area contributed by atoms with Gasteiger partial charge in [-0.15, -0.1) is 0 Å². The van der Waals surface area contributed by atoms with Crippen molar-refractivity contribution in [3.05, 3.63) is 59.5 Å². The van der Waals surface area contributed by atoms with Crippen molar-refractivity contribution in [3.63, 3.8) is 0 Å². The van der Waals surface area contributed by atoms with Gasteiger partial charge in [-0.2, -0.15) is 0 Å². The van der Waals surface area contributed by atoms with E-state index in [4.69, 9.17) is 4.74 Å². The summed E-state index contributed by atoms with van der Waals surface area (Å²) in [5, 5.41) is 0.848. The van der Waals surface area contributed by atoms with Crippen LogP contribution in [0.3, 0.4) is 0 Å². The zero-order valence-corrected chi connectivity index (χ0v) is 11.6. The van der Waals surface area contributed by atoms with E-state index < -0.39 is 0 Å². The van der Waals surface area contributed by atoms with Crippen molar-refractivity contribution >= 4 is 11.0 Å². The maximum Gasteiger partial charge on any atom is 0.226 e. The lowest BCUT2D eigenvalue weighted by Gasteiger charge is -2.08. The zero-order valence-electron chi connectivity index (χ0n) is 11.6. The Labute approximate surface area is 122 Å². The van der Waals surface area contributed by atoms with Crippen molar-refractivity contribution < 1.29 is 4.74 Å². The van der Waals surface area contributed by atoms with Crippen LogP contribution in [0.15, 0.2) is 42.9 Å². The molecular formula is C17H15N3O. The fourth-order valence-electron chi connectivity index (χ4n) is 2.85. The molecule has 4 heteroatoms. The number of pyridine rings is 1. The summed E-state index contributed by atoms with van der Waals surface area (Å²) in [5.74, 6) is 0.591. The second kappa shape index (κ2) is 5.13. The molecule has 0 atom stereocenters. The van der Waals surface area contributed by atoms with Gasteiger partial charge in [0.2, 0.25) is 5.88 Å². The van der Waals surface area contributed by atoms with E-state index in [1.807, 2.05) is 12.1 Å². The predicted molar refractivity (Wildman–Crippen MR) is 80.1 cm³/mol. The van der Waals surface area contributed by atoms with E-state index >= 15 is 0 Å². The van der Waals surface area contributed by atoms with Gasteiger partial charge in [0.05, 0.1) is 5.39 Å². The highest BCUT2D eigenvalue weighted by Crippen LogP contribution is 2.24. The summed E-state index contributed by atoms with van der Waals surface area (Å²) in [6, 6.07) is 10.4. The van der Waals surface area contributed by atoms with E-state index in [-0.39, 0.29) is 0 Å². The summed E-state index contributed by atoms with van der Waals surface area (Å²) >= 11 is 0. The first-order chi connectivity index (χ1) is 10.4. The molecule has 104 valence electrons. The Hall–Kier alpha value is -2.49. The number of fused-ring (bicyclic) bond motifs is 2. The van der Waals surface area contributed by atoms with Gasteiger partial charge in [0, 0.05) is 6.20 Å². The number of benzene rings is 1. The Morgan fingerprint density at radius 3 is 2.95 bits per heavy atom. The van der Waals surface area contributed by atoms with Gasteiger partial charge in [0.25, 0.3) is 0 Å². The molecule has 1 aliphatic rings. The van der Waals surface area contributed by atoms with E-state index in [0.717, 1.165) is 5.39 Å². The number of hydrogen-bond donors (Lipinski definition) is 0. The van der Waals surface area contributed by atoms with Crippen LogP contribution in [0.5, 0.6) is 5.88 Å². The van der Waals surface area contributed by atoms with Crippen LogP contribution in [0.4, 0.5) is 0 Å². The van der Waals surface area contributed by atoms with Gasteiger partial charge in [0.1, 0.15) is 12.9 Å². The average Bonchev–Trinajstić information content (AvgIpc) is 3.00. The van der Waals surface area contributed by atoms with Gasteiger partial charge in [-0.3, -0.25) is 0 Å². The molecule has 1 aliphatic carbocycles. The summed E-state index contributed by atoms with van der Waals surface area (Å²) in [6.07, 6.45) is 6.87. The molecule has 0 aliphatic heterocycles. The van der Waals surface area contributed by atoms with Gasteiger partial charge in [-0.1, -0.05) is 18.2 Å². The van der Waals surface area contributed by atoms with Crippen molar-refractivity contribution in [2.45, 2.75) is 25.9 Å². The van der Waals surface area contributed by atoms with Crippen molar-refractivity contribution in [3.8, 4) is 5.88 Å². The molecule has 0 saturated heterocycles. The first-order valence-corrected chi connectivity index (χ1v) is 7.19. The summed E-state index contributed by atoms with van der Waals surface area (Å²) in [5.41, 5.74) is 4.79. The van der Waals surface area contributed by atoms with E-state index in [1.54, 1.807) is 6.20 Å². The predicted octanol–water partition coefficient (Wildman–Crippen LogP) is 3.09. The first-order valence-electron chi connectivity index (χ1n) is 7.19. The van der Waals surface area contributed by atoms with Crippen LogP contribution in [-0.4, -0.2) is 15.0 Å². The third kappa shape index (κ3) is 2.33. The smallest absolute Gasteiger partial charge is 0.226 e. The van der Waals surface area contributed by atoms with E-state index in [2.05, 4.69) is 33.2 Å². The van der Waals surface area contributed by atoms with Gasteiger partial charge >= 0.3 is 0 Å². The number of nitrogens with zero attached hydrogens (tertiary/aromatic N) is 3. The van der Waals surface area contributed by atoms with Crippen LogP contribution in [0.2, 0.25) is 0 Å². The molecule has 21 heavy (non-hydrogen) atoms. The van der Waals surface area contributed by atoms with Crippen LogP contribution < -0.4 is 4.74 Å². The molecule has 0 unspecified atom stereocenters. The minimum atomic E-state index is 0.522. The molecule has 4 nitrogen and oxygen atoms in total. The molecule has 2 heterocycles. The van der Waals surface area contributed by atoms with Crippen LogP contribution >= 0.6 is 0 Å². The summed E-state index contributed by atoms with van der Waals surface area (Å²) < 4.78 is 5.87. The third-order valence-electron chi connectivity index (χ3n) is 3.91. The molecule has 0 N–H and O–H groups in total. The number of hydrogen-bond acceptors (Lipinski definition) is 4. The molecule has 0 fully saturated rings. The molecule has 3 aromatic rings. The monoisotopic (exact) mass is 277 g/mol. The van der Waals surface area contributed by atoms with Crippen molar-refractivity contribution in [1.29, 1.82) is 0 Å². The highest BCUT2D eigenvalue weighted by molar-refractivity contribution is 5.79. The first kappa shape index (κ1) is 12.3. The number of ether oxygens (including phenoxy) is 1. The van der Waals surface area contributed by atoms with Crippen molar-refractivity contribution in [2.75, 3.05) is 0 Å². The molecule has 4 rings (SSSR count). The van der Waals surface area contributed by atoms with Crippen LogP contribution in [0.1, 0.15) is 23.1 Å². The second-order valence-corrected chi connectivity index (χ2v) is 5.30. The van der Waals surface area contributed by atoms with E-state index in [0.29, 0.717) is 18.1 Å². The minimum absolute atomic E-state index is 0.522. The molecule has 0 saturated carbocycles. The van der Waals surface area contributed by atoms with Crippen LogP contribution in [-0.2, 0) is 19.4 Å². The van der Waals surface area contributed by atoms with Crippen LogP contribution in [0.25, 0.3) is 11.0 Å². The second-order valence-electron chi connectivity index (χ2n) is 5.30. The summed E-state index contributed by atoms with van der Waals surface area (Å²) in [6.45, 7) is 0.522. The largest absolute Gasteiger partial charge is 0.472 e. The SMILES string of the molecule is c1cnc2ncnc(OCc3ccc4c(c3)CCC4)c2c1. The highest BCUT2D eigenvalue weighted by atomic mass is 16.5. The Morgan fingerprint density at radius 1 is 1.00 bits per heavy atom.